The molecule has 0 saturated heterocycles. The number of benzene rings is 1. The first-order chi connectivity index (χ1) is 10.1. The highest BCUT2D eigenvalue weighted by Gasteiger charge is 2.08. The molecule has 0 saturated carbocycles. The Morgan fingerprint density at radius 1 is 1.33 bits per heavy atom. The molecule has 116 valence electrons. The van der Waals surface area contributed by atoms with E-state index in [9.17, 15) is 0 Å². The lowest BCUT2D eigenvalue weighted by Gasteiger charge is -2.08. The van der Waals surface area contributed by atoms with Crippen molar-refractivity contribution in [3.63, 3.8) is 0 Å². The molecule has 0 aliphatic rings. The van der Waals surface area contributed by atoms with Gasteiger partial charge in [0.1, 0.15) is 11.3 Å². The topological polar surface area (TPSA) is 39.2 Å². The molecule has 0 unspecified atom stereocenters. The van der Waals surface area contributed by atoms with Gasteiger partial charge in [-0.25, -0.2) is 0 Å². The fourth-order valence-electron chi connectivity index (χ4n) is 2.30. The molecule has 21 heavy (non-hydrogen) atoms. The molecule has 0 aliphatic carbocycles. The maximum absolute atomic E-state index is 5.64. The summed E-state index contributed by atoms with van der Waals surface area (Å²) in [6, 6.07) is 6.04. The Balaban J connectivity index is 2.08. The predicted molar refractivity (Wildman–Crippen MR) is 88.6 cm³/mol. The second kappa shape index (κ2) is 7.61. The number of aryl methyl sites for hydroxylation is 1. The van der Waals surface area contributed by atoms with Crippen LogP contribution in [0.3, 0.4) is 0 Å². The van der Waals surface area contributed by atoms with Gasteiger partial charge in [-0.05, 0) is 43.6 Å². The molecule has 0 bridgehead atoms. The number of ether oxygens (including phenoxy) is 2. The van der Waals surface area contributed by atoms with Crippen molar-refractivity contribution >= 4 is 23.3 Å². The summed E-state index contributed by atoms with van der Waals surface area (Å²) in [7, 11) is 0. The van der Waals surface area contributed by atoms with E-state index in [1.54, 1.807) is 0 Å². The number of aromatic amines is 1. The van der Waals surface area contributed by atoms with Crippen LogP contribution in [0, 0.1) is 10.7 Å². The minimum absolute atomic E-state index is 0.578. The molecule has 5 heteroatoms. The van der Waals surface area contributed by atoms with Crippen molar-refractivity contribution in [2.45, 2.75) is 33.7 Å². The van der Waals surface area contributed by atoms with Crippen LogP contribution in [0.5, 0.6) is 5.75 Å². The first-order valence-corrected chi connectivity index (χ1v) is 7.96. The molecule has 1 aromatic heterocycles. The van der Waals surface area contributed by atoms with E-state index in [4.69, 9.17) is 21.7 Å². The van der Waals surface area contributed by atoms with E-state index < -0.39 is 0 Å². The van der Waals surface area contributed by atoms with Gasteiger partial charge in [0.2, 0.25) is 0 Å². The first-order valence-electron chi connectivity index (χ1n) is 7.55. The molecule has 0 spiro atoms. The Labute approximate surface area is 131 Å². The summed E-state index contributed by atoms with van der Waals surface area (Å²) in [6.45, 7) is 9.37. The SMILES string of the molecule is CCOc1cccc2c1[nH]c(=S)n2CCCOCC(C)C. The Kier molecular flexibility index (Phi) is 5.82. The fraction of sp³-hybridized carbons (Fsp3) is 0.562. The maximum atomic E-state index is 5.64. The van der Waals surface area contributed by atoms with Crippen LogP contribution in [0.2, 0.25) is 0 Å². The van der Waals surface area contributed by atoms with Crippen LogP contribution in [-0.4, -0.2) is 29.4 Å². The van der Waals surface area contributed by atoms with Crippen LogP contribution in [0.15, 0.2) is 18.2 Å². The highest BCUT2D eigenvalue weighted by molar-refractivity contribution is 7.71. The van der Waals surface area contributed by atoms with Crippen LogP contribution >= 0.6 is 12.2 Å². The van der Waals surface area contributed by atoms with Crippen LogP contribution in [0.25, 0.3) is 11.0 Å². The van der Waals surface area contributed by atoms with E-state index >= 15 is 0 Å². The molecule has 0 atom stereocenters. The molecular formula is C16H24N2O2S. The number of imidazole rings is 1. The molecule has 4 nitrogen and oxygen atoms in total. The summed E-state index contributed by atoms with van der Waals surface area (Å²) >= 11 is 5.43. The summed E-state index contributed by atoms with van der Waals surface area (Å²) in [5, 5.41) is 0. The van der Waals surface area contributed by atoms with Gasteiger partial charge in [0.15, 0.2) is 4.77 Å². The van der Waals surface area contributed by atoms with Gasteiger partial charge in [-0.3, -0.25) is 0 Å². The zero-order valence-corrected chi connectivity index (χ0v) is 13.8. The van der Waals surface area contributed by atoms with E-state index in [-0.39, 0.29) is 0 Å². The van der Waals surface area contributed by atoms with Crippen LogP contribution in [0.1, 0.15) is 27.2 Å². The summed E-state index contributed by atoms with van der Waals surface area (Å²) in [6.07, 6.45) is 0.951. The van der Waals surface area contributed by atoms with Gasteiger partial charge in [0.25, 0.3) is 0 Å². The number of nitrogens with zero attached hydrogens (tertiary/aromatic N) is 1. The Morgan fingerprint density at radius 2 is 2.14 bits per heavy atom. The van der Waals surface area contributed by atoms with Crippen molar-refractivity contribution in [3.8, 4) is 5.75 Å². The van der Waals surface area contributed by atoms with Crippen molar-refractivity contribution in [3.05, 3.63) is 23.0 Å². The first kappa shape index (κ1) is 16.0. The predicted octanol–water partition coefficient (Wildman–Crippen LogP) is 4.16. The number of aromatic nitrogens is 2. The zero-order chi connectivity index (χ0) is 15.2. The van der Waals surface area contributed by atoms with Crippen molar-refractivity contribution in [1.29, 1.82) is 0 Å². The number of rotatable bonds is 8. The van der Waals surface area contributed by atoms with Gasteiger partial charge in [0, 0.05) is 19.8 Å². The van der Waals surface area contributed by atoms with Crippen molar-refractivity contribution in [2.24, 2.45) is 5.92 Å². The summed E-state index contributed by atoms with van der Waals surface area (Å²) in [5.41, 5.74) is 2.07. The second-order valence-electron chi connectivity index (χ2n) is 5.49. The number of H-pyrrole nitrogens is 1. The molecule has 2 aromatic rings. The summed E-state index contributed by atoms with van der Waals surface area (Å²) in [4.78, 5) is 3.25. The van der Waals surface area contributed by atoms with Crippen LogP contribution < -0.4 is 4.74 Å². The molecule has 2 rings (SSSR count). The number of fused-ring (bicyclic) bond motifs is 1. The third-order valence-corrected chi connectivity index (χ3v) is 3.52. The standard InChI is InChI=1S/C16H24N2O2S/c1-4-20-14-8-5-7-13-15(14)17-16(21)18(13)9-6-10-19-11-12(2)3/h5,7-8,12H,4,6,9-11H2,1-3H3,(H,17,21). The van der Waals surface area contributed by atoms with Crippen molar-refractivity contribution in [2.75, 3.05) is 19.8 Å². The summed E-state index contributed by atoms with van der Waals surface area (Å²) < 4.78 is 14.1. The Bertz CT molecular complexity index is 631. The van der Waals surface area contributed by atoms with E-state index in [2.05, 4.69) is 29.5 Å². The average molecular weight is 308 g/mol. The molecule has 0 aliphatic heterocycles. The quantitative estimate of drug-likeness (QED) is 0.588. The Hall–Kier alpha value is -1.33. The molecule has 1 N–H and O–H groups in total. The van der Waals surface area contributed by atoms with Crippen LogP contribution in [0.4, 0.5) is 0 Å². The molecule has 0 radical (unpaired) electrons. The van der Waals surface area contributed by atoms with Crippen molar-refractivity contribution in [1.82, 2.24) is 9.55 Å². The number of para-hydroxylation sites is 1. The number of hydrogen-bond acceptors (Lipinski definition) is 3. The third-order valence-electron chi connectivity index (χ3n) is 3.19. The molecule has 1 heterocycles. The minimum Gasteiger partial charge on any atom is -0.492 e. The van der Waals surface area contributed by atoms with Gasteiger partial charge in [0.05, 0.1) is 12.1 Å². The molecule has 0 fully saturated rings. The van der Waals surface area contributed by atoms with Gasteiger partial charge in [-0.1, -0.05) is 19.9 Å². The van der Waals surface area contributed by atoms with Gasteiger partial charge in [-0.2, -0.15) is 0 Å². The average Bonchev–Trinajstić information content (AvgIpc) is 2.76. The summed E-state index contributed by atoms with van der Waals surface area (Å²) in [5.74, 6) is 1.44. The van der Waals surface area contributed by atoms with Gasteiger partial charge >= 0.3 is 0 Å². The Morgan fingerprint density at radius 3 is 2.86 bits per heavy atom. The molecule has 0 amide bonds. The number of hydrogen-bond donors (Lipinski definition) is 1. The highest BCUT2D eigenvalue weighted by Crippen LogP contribution is 2.25. The zero-order valence-electron chi connectivity index (χ0n) is 13.0. The second-order valence-corrected chi connectivity index (χ2v) is 5.87. The maximum Gasteiger partial charge on any atom is 0.178 e. The normalized spacial score (nSPS) is 11.4. The monoisotopic (exact) mass is 308 g/mol. The molecular weight excluding hydrogens is 284 g/mol. The lowest BCUT2D eigenvalue weighted by Crippen LogP contribution is -2.06. The fourth-order valence-corrected chi connectivity index (χ4v) is 2.59. The van der Waals surface area contributed by atoms with E-state index in [1.807, 2.05) is 19.1 Å². The van der Waals surface area contributed by atoms with E-state index in [0.29, 0.717) is 12.5 Å². The third kappa shape index (κ3) is 4.08. The van der Waals surface area contributed by atoms with E-state index in [1.165, 1.54) is 0 Å². The largest absolute Gasteiger partial charge is 0.492 e. The van der Waals surface area contributed by atoms with Crippen LogP contribution in [-0.2, 0) is 11.3 Å². The molecule has 1 aromatic carbocycles. The lowest BCUT2D eigenvalue weighted by molar-refractivity contribution is 0.105. The van der Waals surface area contributed by atoms with Crippen molar-refractivity contribution < 1.29 is 9.47 Å². The number of nitrogens with one attached hydrogen (secondary N) is 1. The van der Waals surface area contributed by atoms with E-state index in [0.717, 1.165) is 47.7 Å². The van der Waals surface area contributed by atoms with Gasteiger partial charge in [-0.15, -0.1) is 0 Å². The highest BCUT2D eigenvalue weighted by atomic mass is 32.1. The minimum atomic E-state index is 0.578. The van der Waals surface area contributed by atoms with Gasteiger partial charge < -0.3 is 19.0 Å². The lowest BCUT2D eigenvalue weighted by atomic mass is 10.2. The smallest absolute Gasteiger partial charge is 0.178 e.